The highest BCUT2D eigenvalue weighted by molar-refractivity contribution is 5.80. The maximum Gasteiger partial charge on any atom is 0.239 e. The smallest absolute Gasteiger partial charge is 0.239 e. The van der Waals surface area contributed by atoms with Crippen LogP contribution in [0.15, 0.2) is 30.6 Å². The predicted molar refractivity (Wildman–Crippen MR) is 77.7 cm³/mol. The molecule has 0 aliphatic carbocycles. The fraction of sp³-hybridized carbons (Fsp3) is 0.286. The average molecular weight is 271 g/mol. The minimum Gasteiger partial charge on any atom is -0.479 e. The lowest BCUT2D eigenvalue weighted by Crippen LogP contribution is -2.40. The van der Waals surface area contributed by atoms with Crippen molar-refractivity contribution in [1.82, 2.24) is 15.4 Å². The number of anilines is 3. The Balaban J connectivity index is 2.19. The number of hydrogen-bond acceptors (Lipinski definition) is 6. The second-order valence-corrected chi connectivity index (χ2v) is 5.20. The molecule has 104 valence electrons. The number of fused-ring (bicyclic) bond motifs is 1. The first-order valence-corrected chi connectivity index (χ1v) is 6.36. The first-order valence-electron chi connectivity index (χ1n) is 6.36. The van der Waals surface area contributed by atoms with Crippen molar-refractivity contribution in [3.05, 3.63) is 36.3 Å². The van der Waals surface area contributed by atoms with Crippen molar-refractivity contribution in [1.29, 1.82) is 0 Å². The SMILES string of the molecule is COc1ncccc1N1NC(C)(C)c2nccc(N)c21. The van der Waals surface area contributed by atoms with Gasteiger partial charge in [0.1, 0.15) is 11.4 Å². The van der Waals surface area contributed by atoms with Crippen molar-refractivity contribution in [3.63, 3.8) is 0 Å². The molecule has 0 fully saturated rings. The maximum atomic E-state index is 6.13. The van der Waals surface area contributed by atoms with Crippen LogP contribution in [0.5, 0.6) is 5.88 Å². The zero-order chi connectivity index (χ0) is 14.3. The summed E-state index contributed by atoms with van der Waals surface area (Å²) in [7, 11) is 1.60. The lowest BCUT2D eigenvalue weighted by atomic mass is 10.0. The molecule has 3 rings (SSSR count). The lowest BCUT2D eigenvalue weighted by molar-refractivity contribution is 0.391. The Hall–Kier alpha value is -2.34. The molecular weight excluding hydrogens is 254 g/mol. The standard InChI is InChI=1S/C14H17N5O/c1-14(2)12-11(9(15)6-8-16-12)19(18-14)10-5-4-7-17-13(10)20-3/h4-8,18H,1-3H3,(H2,15,16). The fourth-order valence-electron chi connectivity index (χ4n) is 2.44. The van der Waals surface area contributed by atoms with Crippen LogP contribution in [0, 0.1) is 0 Å². The first-order chi connectivity index (χ1) is 9.54. The minimum absolute atomic E-state index is 0.314. The molecule has 6 heteroatoms. The summed E-state index contributed by atoms with van der Waals surface area (Å²) in [4.78, 5) is 8.69. The molecule has 0 atom stereocenters. The second kappa shape index (κ2) is 4.35. The Kier molecular flexibility index (Phi) is 2.76. The van der Waals surface area contributed by atoms with Crippen molar-refractivity contribution in [2.24, 2.45) is 0 Å². The van der Waals surface area contributed by atoms with Crippen LogP contribution in [0.2, 0.25) is 0 Å². The van der Waals surface area contributed by atoms with E-state index in [0.717, 1.165) is 17.1 Å². The molecule has 2 aromatic rings. The molecule has 0 saturated carbocycles. The number of nitrogen functional groups attached to an aromatic ring is 1. The Labute approximate surface area is 117 Å². The minimum atomic E-state index is -0.314. The van der Waals surface area contributed by atoms with E-state index in [0.29, 0.717) is 11.6 Å². The molecule has 3 heterocycles. The summed E-state index contributed by atoms with van der Waals surface area (Å²) in [5.41, 5.74) is 12.4. The van der Waals surface area contributed by atoms with E-state index in [4.69, 9.17) is 10.5 Å². The molecule has 2 aromatic heterocycles. The summed E-state index contributed by atoms with van der Waals surface area (Å²) in [6, 6.07) is 5.57. The molecule has 0 saturated heterocycles. The summed E-state index contributed by atoms with van der Waals surface area (Å²) < 4.78 is 5.33. The Morgan fingerprint density at radius 1 is 1.25 bits per heavy atom. The van der Waals surface area contributed by atoms with Gasteiger partial charge in [-0.15, -0.1) is 0 Å². The van der Waals surface area contributed by atoms with Gasteiger partial charge in [0.25, 0.3) is 0 Å². The van der Waals surface area contributed by atoms with Crippen LogP contribution >= 0.6 is 0 Å². The Morgan fingerprint density at radius 2 is 2.05 bits per heavy atom. The highest BCUT2D eigenvalue weighted by Gasteiger charge is 2.39. The van der Waals surface area contributed by atoms with Crippen LogP contribution in [-0.4, -0.2) is 17.1 Å². The molecule has 0 amide bonds. The third kappa shape index (κ3) is 1.77. The molecule has 6 nitrogen and oxygen atoms in total. The molecule has 0 radical (unpaired) electrons. The topological polar surface area (TPSA) is 76.3 Å². The van der Waals surface area contributed by atoms with Gasteiger partial charge in [0, 0.05) is 12.4 Å². The van der Waals surface area contributed by atoms with Gasteiger partial charge in [-0.2, -0.15) is 0 Å². The van der Waals surface area contributed by atoms with Crippen LogP contribution in [0.3, 0.4) is 0 Å². The number of nitrogens with two attached hydrogens (primary N) is 1. The molecule has 1 aliphatic rings. The Morgan fingerprint density at radius 3 is 2.80 bits per heavy atom. The van der Waals surface area contributed by atoms with E-state index in [-0.39, 0.29) is 5.54 Å². The zero-order valence-corrected chi connectivity index (χ0v) is 11.7. The molecule has 0 aromatic carbocycles. The van der Waals surface area contributed by atoms with E-state index < -0.39 is 0 Å². The normalized spacial score (nSPS) is 16.1. The molecular formula is C14H17N5O. The van der Waals surface area contributed by atoms with Crippen LogP contribution in [0.25, 0.3) is 0 Å². The van der Waals surface area contributed by atoms with E-state index in [1.165, 1.54) is 0 Å². The quantitative estimate of drug-likeness (QED) is 0.869. The van der Waals surface area contributed by atoms with Gasteiger partial charge in [-0.3, -0.25) is 9.99 Å². The van der Waals surface area contributed by atoms with Crippen LogP contribution in [-0.2, 0) is 5.54 Å². The summed E-state index contributed by atoms with van der Waals surface area (Å²) >= 11 is 0. The van der Waals surface area contributed by atoms with Gasteiger partial charge in [-0.05, 0) is 32.0 Å². The number of aromatic nitrogens is 2. The largest absolute Gasteiger partial charge is 0.479 e. The van der Waals surface area contributed by atoms with Crippen molar-refractivity contribution in [2.45, 2.75) is 19.4 Å². The number of pyridine rings is 2. The first kappa shape index (κ1) is 12.7. The van der Waals surface area contributed by atoms with Gasteiger partial charge >= 0.3 is 0 Å². The molecule has 1 aliphatic heterocycles. The maximum absolute atomic E-state index is 6.13. The number of nitrogens with zero attached hydrogens (tertiary/aromatic N) is 3. The number of hydrazine groups is 1. The zero-order valence-electron chi connectivity index (χ0n) is 11.7. The van der Waals surface area contributed by atoms with Crippen molar-refractivity contribution in [2.75, 3.05) is 17.9 Å². The summed E-state index contributed by atoms with van der Waals surface area (Å²) in [6.07, 6.45) is 3.42. The Bertz CT molecular complexity index is 656. The number of hydrogen-bond donors (Lipinski definition) is 2. The number of ether oxygens (including phenoxy) is 1. The molecule has 20 heavy (non-hydrogen) atoms. The van der Waals surface area contributed by atoms with Crippen LogP contribution < -0.4 is 20.9 Å². The number of rotatable bonds is 2. The lowest BCUT2D eigenvalue weighted by Gasteiger charge is -2.24. The summed E-state index contributed by atoms with van der Waals surface area (Å²) in [6.45, 7) is 4.11. The fourth-order valence-corrected chi connectivity index (χ4v) is 2.44. The van der Waals surface area contributed by atoms with E-state index in [1.807, 2.05) is 17.1 Å². The van der Waals surface area contributed by atoms with Crippen LogP contribution in [0.1, 0.15) is 19.5 Å². The van der Waals surface area contributed by atoms with Gasteiger partial charge in [-0.25, -0.2) is 10.4 Å². The van der Waals surface area contributed by atoms with Gasteiger partial charge in [0.05, 0.1) is 24.0 Å². The number of nitrogens with one attached hydrogen (secondary N) is 1. The van der Waals surface area contributed by atoms with Crippen molar-refractivity contribution >= 4 is 17.1 Å². The number of methoxy groups -OCH3 is 1. The van der Waals surface area contributed by atoms with Gasteiger partial charge < -0.3 is 10.5 Å². The molecule has 3 N–H and O–H groups in total. The van der Waals surface area contributed by atoms with E-state index in [9.17, 15) is 0 Å². The molecule has 0 bridgehead atoms. The van der Waals surface area contributed by atoms with Gasteiger partial charge in [0.15, 0.2) is 0 Å². The second-order valence-electron chi connectivity index (χ2n) is 5.20. The van der Waals surface area contributed by atoms with Crippen molar-refractivity contribution < 1.29 is 4.74 Å². The monoisotopic (exact) mass is 271 g/mol. The third-order valence-electron chi connectivity index (χ3n) is 3.35. The van der Waals surface area contributed by atoms with Gasteiger partial charge in [0.2, 0.25) is 5.88 Å². The molecule has 0 unspecified atom stereocenters. The van der Waals surface area contributed by atoms with Gasteiger partial charge in [-0.1, -0.05) is 0 Å². The highest BCUT2D eigenvalue weighted by atomic mass is 16.5. The van der Waals surface area contributed by atoms with Crippen molar-refractivity contribution in [3.8, 4) is 5.88 Å². The highest BCUT2D eigenvalue weighted by Crippen LogP contribution is 2.44. The summed E-state index contributed by atoms with van der Waals surface area (Å²) in [5, 5.41) is 1.89. The molecule has 0 spiro atoms. The summed E-state index contributed by atoms with van der Waals surface area (Å²) in [5.74, 6) is 0.534. The predicted octanol–water partition coefficient (Wildman–Crippen LogP) is 1.96. The van der Waals surface area contributed by atoms with Crippen LogP contribution in [0.4, 0.5) is 17.1 Å². The third-order valence-corrected chi connectivity index (χ3v) is 3.35. The average Bonchev–Trinajstić information content (AvgIpc) is 2.72. The van der Waals surface area contributed by atoms with E-state index >= 15 is 0 Å². The van der Waals surface area contributed by atoms with E-state index in [1.54, 1.807) is 25.6 Å². The van der Waals surface area contributed by atoms with E-state index in [2.05, 4.69) is 29.2 Å².